The van der Waals surface area contributed by atoms with Crippen molar-refractivity contribution in [2.24, 2.45) is 5.73 Å². The minimum absolute atomic E-state index is 0.00379. The lowest BCUT2D eigenvalue weighted by molar-refractivity contribution is -0.144. The summed E-state index contributed by atoms with van der Waals surface area (Å²) in [4.78, 5) is 55.9. The molecule has 1 saturated heterocycles. The predicted molar refractivity (Wildman–Crippen MR) is 148 cm³/mol. The van der Waals surface area contributed by atoms with Crippen molar-refractivity contribution in [3.63, 3.8) is 0 Å². The molecule has 1 atom stereocenters. The third-order valence-corrected chi connectivity index (χ3v) is 7.07. The topological polar surface area (TPSA) is 143 Å². The van der Waals surface area contributed by atoms with Gasteiger partial charge in [-0.3, -0.25) is 28.7 Å². The molecule has 0 amide bonds. The van der Waals surface area contributed by atoms with Gasteiger partial charge in [0.25, 0.3) is 5.56 Å². The number of hydrogen-bond donors (Lipinski definition) is 1. The Kier molecular flexibility index (Phi) is 7.73. The maximum Gasteiger partial charge on any atom is 0.333 e. The second kappa shape index (κ2) is 11.4. The van der Waals surface area contributed by atoms with E-state index in [1.54, 1.807) is 24.5 Å². The van der Waals surface area contributed by atoms with Gasteiger partial charge in [0.2, 0.25) is 5.95 Å². The summed E-state index contributed by atoms with van der Waals surface area (Å²) >= 11 is 0. The van der Waals surface area contributed by atoms with Gasteiger partial charge < -0.3 is 19.9 Å². The van der Waals surface area contributed by atoms with Crippen molar-refractivity contribution in [3.05, 3.63) is 57.0 Å². The van der Waals surface area contributed by atoms with Crippen LogP contribution >= 0.6 is 0 Å². The van der Waals surface area contributed by atoms with Crippen molar-refractivity contribution < 1.29 is 9.53 Å². The molecule has 12 nitrogen and oxygen atoms in total. The summed E-state index contributed by atoms with van der Waals surface area (Å²) in [5, 5.41) is 0. The van der Waals surface area contributed by atoms with Crippen LogP contribution in [0.15, 0.2) is 40.2 Å². The zero-order valence-electron chi connectivity index (χ0n) is 22.4. The molecular formula is C27H34N8O4. The molecule has 4 aromatic rings. The van der Waals surface area contributed by atoms with E-state index in [1.165, 1.54) is 4.57 Å². The van der Waals surface area contributed by atoms with E-state index >= 15 is 0 Å². The van der Waals surface area contributed by atoms with Crippen molar-refractivity contribution in [1.29, 1.82) is 0 Å². The van der Waals surface area contributed by atoms with Crippen LogP contribution in [0, 0.1) is 0 Å². The van der Waals surface area contributed by atoms with E-state index in [1.807, 2.05) is 24.5 Å². The Morgan fingerprint density at radius 1 is 1.10 bits per heavy atom. The van der Waals surface area contributed by atoms with Gasteiger partial charge >= 0.3 is 11.7 Å². The average Bonchev–Trinajstić information content (AvgIpc) is 3.33. The lowest BCUT2D eigenvalue weighted by Crippen LogP contribution is -2.44. The number of benzene rings is 1. The summed E-state index contributed by atoms with van der Waals surface area (Å²) in [5.41, 5.74) is 7.68. The van der Waals surface area contributed by atoms with Gasteiger partial charge in [0, 0.05) is 38.1 Å². The van der Waals surface area contributed by atoms with Crippen LogP contribution in [0.2, 0.25) is 0 Å². The Bertz CT molecular complexity index is 1620. The van der Waals surface area contributed by atoms with E-state index in [4.69, 9.17) is 15.5 Å². The van der Waals surface area contributed by atoms with Crippen LogP contribution in [0.25, 0.3) is 22.2 Å². The van der Waals surface area contributed by atoms with Gasteiger partial charge in [-0.15, -0.1) is 0 Å². The maximum absolute atomic E-state index is 13.9. The molecule has 0 aliphatic carbocycles. The SMILES string of the molecule is CCCCOC(=O)Cn1c(=O)n(Cc2ccc3nccnc3c2)c(=O)c2c1nc(N1CCCC(N)C1)n2CC. The maximum atomic E-state index is 13.9. The number of ether oxygens (including phenoxy) is 1. The second-order valence-corrected chi connectivity index (χ2v) is 9.89. The number of esters is 1. The number of imidazole rings is 1. The second-order valence-electron chi connectivity index (χ2n) is 9.89. The van der Waals surface area contributed by atoms with E-state index in [0.29, 0.717) is 35.6 Å². The number of carbonyl (C=O) groups is 1. The van der Waals surface area contributed by atoms with Crippen LogP contribution in [-0.4, -0.2) is 60.4 Å². The van der Waals surface area contributed by atoms with E-state index < -0.39 is 17.2 Å². The normalized spacial score (nSPS) is 15.8. The molecule has 1 aromatic carbocycles. The number of fused-ring (bicyclic) bond motifs is 2. The molecular weight excluding hydrogens is 500 g/mol. The highest BCUT2D eigenvalue weighted by atomic mass is 16.5. The molecule has 0 saturated carbocycles. The van der Waals surface area contributed by atoms with Crippen LogP contribution in [-0.2, 0) is 29.2 Å². The van der Waals surface area contributed by atoms with Crippen LogP contribution < -0.4 is 21.9 Å². The number of piperidine rings is 1. The molecule has 1 aliphatic rings. The summed E-state index contributed by atoms with van der Waals surface area (Å²) in [6.45, 7) is 5.65. The molecule has 1 fully saturated rings. The van der Waals surface area contributed by atoms with Crippen molar-refractivity contribution in [1.82, 2.24) is 28.7 Å². The minimum Gasteiger partial charge on any atom is -0.464 e. The number of aryl methyl sites for hydroxylation is 1. The van der Waals surface area contributed by atoms with Crippen molar-refractivity contribution in [3.8, 4) is 0 Å². The first kappa shape index (κ1) is 26.5. The Labute approximate surface area is 225 Å². The summed E-state index contributed by atoms with van der Waals surface area (Å²) in [5.74, 6) is 0.0246. The molecule has 4 heterocycles. The fourth-order valence-electron chi connectivity index (χ4n) is 5.09. The van der Waals surface area contributed by atoms with Gasteiger partial charge in [-0.05, 0) is 43.9 Å². The molecule has 206 valence electrons. The Morgan fingerprint density at radius 3 is 2.64 bits per heavy atom. The quantitative estimate of drug-likeness (QED) is 0.250. The van der Waals surface area contributed by atoms with E-state index in [-0.39, 0.29) is 36.9 Å². The van der Waals surface area contributed by atoms with Gasteiger partial charge in [-0.25, -0.2) is 4.79 Å². The minimum atomic E-state index is -0.623. The predicted octanol–water partition coefficient (Wildman–Crippen LogP) is 1.64. The first-order chi connectivity index (χ1) is 18.9. The summed E-state index contributed by atoms with van der Waals surface area (Å²) in [6, 6.07) is 5.42. The van der Waals surface area contributed by atoms with Crippen LogP contribution in [0.4, 0.5) is 5.95 Å². The summed E-state index contributed by atoms with van der Waals surface area (Å²) < 4.78 is 9.58. The Hall–Kier alpha value is -4.06. The van der Waals surface area contributed by atoms with Crippen molar-refractivity contribution >= 4 is 34.1 Å². The highest BCUT2D eigenvalue weighted by Crippen LogP contribution is 2.23. The number of unbranched alkanes of at least 4 members (excludes halogenated alkanes) is 1. The van der Waals surface area contributed by atoms with E-state index in [2.05, 4.69) is 14.9 Å². The smallest absolute Gasteiger partial charge is 0.333 e. The van der Waals surface area contributed by atoms with E-state index in [0.717, 1.165) is 36.8 Å². The summed E-state index contributed by atoms with van der Waals surface area (Å²) in [7, 11) is 0. The number of hydrogen-bond acceptors (Lipinski definition) is 9. The average molecular weight is 535 g/mol. The number of anilines is 1. The Balaban J connectivity index is 1.65. The van der Waals surface area contributed by atoms with Crippen LogP contribution in [0.1, 0.15) is 45.1 Å². The van der Waals surface area contributed by atoms with Gasteiger partial charge in [0.15, 0.2) is 11.2 Å². The first-order valence-corrected chi connectivity index (χ1v) is 13.5. The fourth-order valence-corrected chi connectivity index (χ4v) is 5.09. The molecule has 3 aromatic heterocycles. The zero-order chi connectivity index (χ0) is 27.5. The van der Waals surface area contributed by atoms with Crippen molar-refractivity contribution in [2.45, 2.75) is 65.2 Å². The molecule has 1 aliphatic heterocycles. The highest BCUT2D eigenvalue weighted by Gasteiger charge is 2.27. The molecule has 0 bridgehead atoms. The third-order valence-electron chi connectivity index (χ3n) is 7.07. The third kappa shape index (κ3) is 5.29. The number of carbonyl (C=O) groups excluding carboxylic acids is 1. The lowest BCUT2D eigenvalue weighted by Gasteiger charge is -2.31. The van der Waals surface area contributed by atoms with Crippen molar-refractivity contribution in [2.75, 3.05) is 24.6 Å². The van der Waals surface area contributed by atoms with E-state index in [9.17, 15) is 14.4 Å². The fraction of sp³-hybridized carbons (Fsp3) is 0.481. The molecule has 39 heavy (non-hydrogen) atoms. The number of aromatic nitrogens is 6. The highest BCUT2D eigenvalue weighted by molar-refractivity contribution is 5.78. The largest absolute Gasteiger partial charge is 0.464 e. The number of nitrogens with two attached hydrogens (primary N) is 1. The number of rotatable bonds is 9. The zero-order valence-corrected chi connectivity index (χ0v) is 22.4. The monoisotopic (exact) mass is 534 g/mol. The van der Waals surface area contributed by atoms with Crippen LogP contribution in [0.3, 0.4) is 0 Å². The van der Waals surface area contributed by atoms with Gasteiger partial charge in [-0.1, -0.05) is 19.4 Å². The number of nitrogens with zero attached hydrogens (tertiary/aromatic N) is 7. The first-order valence-electron chi connectivity index (χ1n) is 13.5. The molecule has 2 N–H and O–H groups in total. The lowest BCUT2D eigenvalue weighted by atomic mass is 10.1. The van der Waals surface area contributed by atoms with Gasteiger partial charge in [0.05, 0.1) is 24.2 Å². The van der Waals surface area contributed by atoms with Gasteiger partial charge in [-0.2, -0.15) is 4.98 Å². The summed E-state index contributed by atoms with van der Waals surface area (Å²) in [6.07, 6.45) is 6.62. The molecule has 1 unspecified atom stereocenters. The van der Waals surface area contributed by atoms with Crippen LogP contribution in [0.5, 0.6) is 0 Å². The molecule has 0 radical (unpaired) electrons. The molecule has 5 rings (SSSR count). The Morgan fingerprint density at radius 2 is 1.90 bits per heavy atom. The van der Waals surface area contributed by atoms with Gasteiger partial charge in [0.1, 0.15) is 6.54 Å². The molecule has 12 heteroatoms. The standard InChI is InChI=1S/C27H34N8O4/c1-3-5-13-39-22(36)17-34-24-23(33(4-2)26(31-24)32-12-6-7-19(28)16-32)25(37)35(27(34)38)15-18-8-9-20-21(14-18)30-11-10-29-20/h8-11,14,19H,3-7,12-13,15-17,28H2,1-2H3. The molecule has 0 spiro atoms.